The summed E-state index contributed by atoms with van der Waals surface area (Å²) in [4.78, 5) is 23.8. The number of benzene rings is 4. The second-order valence-corrected chi connectivity index (χ2v) is 10.00. The molecular formula is C33H33N5O5. The van der Waals surface area contributed by atoms with E-state index in [-0.39, 0.29) is 0 Å². The van der Waals surface area contributed by atoms with Crippen LogP contribution in [0.1, 0.15) is 0 Å². The van der Waals surface area contributed by atoms with E-state index in [9.17, 15) is 4.79 Å². The maximum atomic E-state index is 12.5. The van der Waals surface area contributed by atoms with Crippen LogP contribution in [0.2, 0.25) is 0 Å². The van der Waals surface area contributed by atoms with Crippen molar-refractivity contribution in [2.24, 2.45) is 0 Å². The number of carbonyl (C=O) groups is 1. The molecule has 0 aliphatic carbocycles. The number of fused-ring (bicyclic) bond motifs is 2. The number of carbonyl (C=O) groups excluding carboxylic acids is 1. The number of hydrazine groups is 1. The first kappa shape index (κ1) is 28.2. The molecule has 1 saturated heterocycles. The van der Waals surface area contributed by atoms with E-state index in [2.05, 4.69) is 27.0 Å². The number of para-hydroxylation sites is 2. The predicted molar refractivity (Wildman–Crippen MR) is 166 cm³/mol. The molecule has 43 heavy (non-hydrogen) atoms. The Bertz CT molecular complexity index is 1720. The van der Waals surface area contributed by atoms with Gasteiger partial charge in [-0.2, -0.15) is 0 Å². The number of ether oxygens (including phenoxy) is 4. The van der Waals surface area contributed by atoms with Gasteiger partial charge in [0.1, 0.15) is 30.2 Å². The average molecular weight is 580 g/mol. The van der Waals surface area contributed by atoms with Gasteiger partial charge in [0.15, 0.2) is 17.2 Å². The molecule has 0 atom stereocenters. The highest BCUT2D eigenvalue weighted by Gasteiger charge is 2.26. The summed E-state index contributed by atoms with van der Waals surface area (Å²) >= 11 is 0. The van der Waals surface area contributed by atoms with Crippen LogP contribution in [0.4, 0.5) is 11.5 Å². The number of hydrogen-bond donors (Lipinski definition) is 0. The van der Waals surface area contributed by atoms with Crippen LogP contribution < -0.4 is 24.1 Å². The summed E-state index contributed by atoms with van der Waals surface area (Å²) in [5, 5.41) is 6.63. The SMILES string of the molecule is COCCOc1cc2ncnc(N3CCN(N(C=O)c4ccccc4Oc4cccc5ccccc45)CC3)c2cc1OC. The summed E-state index contributed by atoms with van der Waals surface area (Å²) in [5.41, 5.74) is 1.44. The Hall–Kier alpha value is -4.93. The van der Waals surface area contributed by atoms with E-state index < -0.39 is 0 Å². The fraction of sp³-hybridized carbons (Fsp3) is 0.242. The van der Waals surface area contributed by atoms with Crippen molar-refractivity contribution >= 4 is 39.6 Å². The van der Waals surface area contributed by atoms with E-state index >= 15 is 0 Å². The molecule has 2 heterocycles. The van der Waals surface area contributed by atoms with Gasteiger partial charge in [-0.25, -0.2) is 20.0 Å². The normalized spacial score (nSPS) is 13.7. The van der Waals surface area contributed by atoms with Crippen molar-refractivity contribution in [2.45, 2.75) is 0 Å². The van der Waals surface area contributed by atoms with Crippen molar-refractivity contribution in [3.05, 3.63) is 85.2 Å². The fourth-order valence-electron chi connectivity index (χ4n) is 5.34. The summed E-state index contributed by atoms with van der Waals surface area (Å²) in [5.74, 6) is 3.36. The number of methoxy groups -OCH3 is 2. The Labute approximate surface area is 249 Å². The zero-order valence-electron chi connectivity index (χ0n) is 24.2. The van der Waals surface area contributed by atoms with Gasteiger partial charge in [-0.05, 0) is 29.7 Å². The molecule has 0 N–H and O–H groups in total. The van der Waals surface area contributed by atoms with Gasteiger partial charge in [0.05, 0.1) is 19.2 Å². The van der Waals surface area contributed by atoms with Crippen LogP contribution in [0.25, 0.3) is 21.7 Å². The molecule has 220 valence electrons. The highest BCUT2D eigenvalue weighted by molar-refractivity contribution is 5.92. The van der Waals surface area contributed by atoms with Gasteiger partial charge in [0.25, 0.3) is 0 Å². The number of hydrogen-bond acceptors (Lipinski definition) is 9. The Balaban J connectivity index is 1.21. The molecule has 0 spiro atoms. The lowest BCUT2D eigenvalue weighted by molar-refractivity contribution is -0.110. The topological polar surface area (TPSA) is 89.5 Å². The third-order valence-electron chi connectivity index (χ3n) is 7.49. The van der Waals surface area contributed by atoms with Gasteiger partial charge >= 0.3 is 0 Å². The Morgan fingerprint density at radius 2 is 1.56 bits per heavy atom. The molecule has 1 amide bonds. The molecule has 0 radical (unpaired) electrons. The van der Waals surface area contributed by atoms with Crippen molar-refractivity contribution in [1.82, 2.24) is 15.0 Å². The predicted octanol–water partition coefficient (Wildman–Crippen LogP) is 5.31. The van der Waals surface area contributed by atoms with Crippen molar-refractivity contribution < 1.29 is 23.7 Å². The van der Waals surface area contributed by atoms with Crippen molar-refractivity contribution in [1.29, 1.82) is 0 Å². The minimum atomic E-state index is 0.404. The fourth-order valence-corrected chi connectivity index (χ4v) is 5.34. The highest BCUT2D eigenvalue weighted by Crippen LogP contribution is 2.37. The average Bonchev–Trinajstić information content (AvgIpc) is 3.06. The number of rotatable bonds is 11. The van der Waals surface area contributed by atoms with Gasteiger partial charge in [-0.3, -0.25) is 4.79 Å². The van der Waals surface area contributed by atoms with Crippen molar-refractivity contribution in [2.75, 3.05) is 63.5 Å². The molecule has 10 nitrogen and oxygen atoms in total. The van der Waals surface area contributed by atoms with E-state index in [1.807, 2.05) is 71.7 Å². The zero-order valence-corrected chi connectivity index (χ0v) is 24.2. The monoisotopic (exact) mass is 579 g/mol. The number of piperazine rings is 1. The molecule has 1 aromatic heterocycles. The maximum Gasteiger partial charge on any atom is 0.228 e. The third kappa shape index (κ3) is 5.88. The van der Waals surface area contributed by atoms with E-state index in [0.29, 0.717) is 62.3 Å². The van der Waals surface area contributed by atoms with Gasteiger partial charge in [-0.1, -0.05) is 48.5 Å². The Morgan fingerprint density at radius 3 is 2.37 bits per heavy atom. The molecule has 5 aromatic rings. The molecule has 0 unspecified atom stereocenters. The zero-order chi connectivity index (χ0) is 29.6. The summed E-state index contributed by atoms with van der Waals surface area (Å²) < 4.78 is 23.0. The largest absolute Gasteiger partial charge is 0.493 e. The number of anilines is 2. The summed E-state index contributed by atoms with van der Waals surface area (Å²) in [6.07, 6.45) is 2.41. The number of nitrogens with zero attached hydrogens (tertiary/aromatic N) is 5. The van der Waals surface area contributed by atoms with Crippen LogP contribution >= 0.6 is 0 Å². The Kier molecular flexibility index (Phi) is 8.48. The van der Waals surface area contributed by atoms with Gasteiger partial charge in [-0.15, -0.1) is 0 Å². The molecule has 4 aromatic carbocycles. The van der Waals surface area contributed by atoms with Crippen LogP contribution in [0.5, 0.6) is 23.0 Å². The first-order chi connectivity index (χ1) is 21.2. The summed E-state index contributed by atoms with van der Waals surface area (Å²) in [6.45, 7) is 3.37. The molecule has 1 fully saturated rings. The quantitative estimate of drug-likeness (QED) is 0.153. The van der Waals surface area contributed by atoms with Crippen LogP contribution in [-0.4, -0.2) is 75.0 Å². The second-order valence-electron chi connectivity index (χ2n) is 10.00. The lowest BCUT2D eigenvalue weighted by Crippen LogP contribution is -2.54. The second kappa shape index (κ2) is 12.9. The number of amides is 1. The number of aromatic nitrogens is 2. The standard InChI is InChI=1S/C33H33N5O5/c1-40-18-19-42-32-21-27-26(20-31(32)41-2)33(35-22-34-27)36-14-16-37(17-15-36)38(23-39)28-11-5-6-12-30(28)43-29-13-7-9-24-8-3-4-10-25(24)29/h3-13,20-23H,14-19H2,1-2H3. The highest BCUT2D eigenvalue weighted by atomic mass is 16.5. The van der Waals surface area contributed by atoms with Crippen molar-refractivity contribution in [3.63, 3.8) is 0 Å². The van der Waals surface area contributed by atoms with E-state index in [4.69, 9.17) is 18.9 Å². The van der Waals surface area contributed by atoms with E-state index in [0.717, 1.165) is 39.7 Å². The van der Waals surface area contributed by atoms with Crippen LogP contribution in [-0.2, 0) is 9.53 Å². The molecule has 0 bridgehead atoms. The molecule has 1 aliphatic heterocycles. The summed E-state index contributed by atoms with van der Waals surface area (Å²) in [6, 6.07) is 25.4. The molecular weight excluding hydrogens is 546 g/mol. The minimum Gasteiger partial charge on any atom is -0.493 e. The first-order valence-electron chi connectivity index (χ1n) is 14.1. The third-order valence-corrected chi connectivity index (χ3v) is 7.49. The van der Waals surface area contributed by atoms with Gasteiger partial charge in [0.2, 0.25) is 6.41 Å². The Morgan fingerprint density at radius 1 is 0.791 bits per heavy atom. The minimum absolute atomic E-state index is 0.404. The lowest BCUT2D eigenvalue weighted by Gasteiger charge is -2.40. The van der Waals surface area contributed by atoms with Crippen LogP contribution in [0.15, 0.2) is 85.2 Å². The lowest BCUT2D eigenvalue weighted by atomic mass is 10.1. The molecule has 10 heteroatoms. The molecule has 0 saturated carbocycles. The van der Waals surface area contributed by atoms with E-state index in [1.54, 1.807) is 25.6 Å². The maximum absolute atomic E-state index is 12.5. The van der Waals surface area contributed by atoms with Crippen LogP contribution in [0.3, 0.4) is 0 Å². The van der Waals surface area contributed by atoms with Gasteiger partial charge < -0.3 is 23.8 Å². The first-order valence-corrected chi connectivity index (χ1v) is 14.1. The van der Waals surface area contributed by atoms with E-state index in [1.165, 1.54) is 0 Å². The molecule has 1 aliphatic rings. The molecule has 6 rings (SSSR count). The smallest absolute Gasteiger partial charge is 0.228 e. The van der Waals surface area contributed by atoms with Gasteiger partial charge in [0, 0.05) is 50.1 Å². The van der Waals surface area contributed by atoms with Crippen molar-refractivity contribution in [3.8, 4) is 23.0 Å². The van der Waals surface area contributed by atoms with Crippen LogP contribution in [0, 0.1) is 0 Å². The summed E-state index contributed by atoms with van der Waals surface area (Å²) in [7, 11) is 3.25.